The van der Waals surface area contributed by atoms with Gasteiger partial charge in [0.05, 0.1) is 13.1 Å². The van der Waals surface area contributed by atoms with Crippen molar-refractivity contribution in [3.05, 3.63) is 57.6 Å². The molecule has 4 N–H and O–H groups in total. The highest BCUT2D eigenvalue weighted by atomic mass is 16.5. The third kappa shape index (κ3) is 15.9. The number of amides is 2. The molecule has 0 aromatic heterocycles. The number of hydrogen-bond donors (Lipinski definition) is 4. The lowest BCUT2D eigenvalue weighted by Gasteiger charge is -2.35. The van der Waals surface area contributed by atoms with Crippen molar-refractivity contribution in [1.82, 2.24) is 10.6 Å². The first-order valence-corrected chi connectivity index (χ1v) is 20.8. The minimum Gasteiger partial charge on any atom is -0.507 e. The largest absolute Gasteiger partial charge is 0.507 e. The van der Waals surface area contributed by atoms with Crippen molar-refractivity contribution in [2.75, 3.05) is 26.3 Å². The predicted molar refractivity (Wildman–Crippen MR) is 232 cm³/mol. The average Bonchev–Trinajstić information content (AvgIpc) is 3.03. The normalized spacial score (nSPS) is 12.9. The van der Waals surface area contributed by atoms with E-state index >= 15 is 0 Å². The molecule has 2 aromatic carbocycles. The zero-order valence-electron chi connectivity index (χ0n) is 38.7. The lowest BCUT2D eigenvalue weighted by Crippen LogP contribution is -2.42. The van der Waals surface area contributed by atoms with E-state index in [1.807, 2.05) is 24.3 Å². The van der Waals surface area contributed by atoms with Gasteiger partial charge in [-0.1, -0.05) is 135 Å². The molecule has 0 atom stereocenters. The molecule has 0 saturated heterocycles. The molecular formula is C48H76N2O8. The van der Waals surface area contributed by atoms with Crippen molar-refractivity contribution in [2.45, 2.75) is 171 Å². The lowest BCUT2D eigenvalue weighted by molar-refractivity contribution is -0.145. The van der Waals surface area contributed by atoms with Crippen LogP contribution >= 0.6 is 0 Å². The smallest absolute Gasteiger partial charge is 0.309 e. The second kappa shape index (κ2) is 19.3. The minimum atomic E-state index is -0.890. The molecule has 0 aliphatic heterocycles. The number of carbonyl (C=O) groups is 4. The summed E-state index contributed by atoms with van der Waals surface area (Å²) in [5, 5.41) is 27.5. The fraction of sp³-hybridized carbons (Fsp3) is 0.667. The Bertz CT molecular complexity index is 1630. The Morgan fingerprint density at radius 3 is 1.07 bits per heavy atom. The number of carbonyl (C=O) groups excluding carboxylic acids is 4. The first-order chi connectivity index (χ1) is 26.2. The average molecular weight is 809 g/mol. The van der Waals surface area contributed by atoms with Crippen LogP contribution in [-0.4, -0.2) is 60.3 Å². The Morgan fingerprint density at radius 2 is 0.793 bits per heavy atom. The van der Waals surface area contributed by atoms with Crippen molar-refractivity contribution in [3.8, 4) is 11.5 Å². The minimum absolute atomic E-state index is 0.0468. The number of aryl methyl sites for hydroxylation is 2. The van der Waals surface area contributed by atoms with Crippen LogP contribution in [0.3, 0.4) is 0 Å². The van der Waals surface area contributed by atoms with E-state index < -0.39 is 23.8 Å². The summed E-state index contributed by atoms with van der Waals surface area (Å²) >= 11 is 0. The van der Waals surface area contributed by atoms with E-state index in [-0.39, 0.29) is 71.6 Å². The second-order valence-corrected chi connectivity index (χ2v) is 21.8. The summed E-state index contributed by atoms with van der Waals surface area (Å²) in [6.45, 7) is 33.6. The highest BCUT2D eigenvalue weighted by Crippen LogP contribution is 2.46. The maximum absolute atomic E-state index is 12.6. The predicted octanol–water partition coefficient (Wildman–Crippen LogP) is 9.00. The Kier molecular flexibility index (Phi) is 16.7. The zero-order valence-corrected chi connectivity index (χ0v) is 38.7. The van der Waals surface area contributed by atoms with Gasteiger partial charge in [0.1, 0.15) is 24.7 Å². The summed E-state index contributed by atoms with van der Waals surface area (Å²) < 4.78 is 10.6. The van der Waals surface area contributed by atoms with Gasteiger partial charge in [-0.05, 0) is 80.4 Å². The highest BCUT2D eigenvalue weighted by Gasteiger charge is 2.34. The molecule has 58 heavy (non-hydrogen) atoms. The molecule has 326 valence electrons. The highest BCUT2D eigenvalue weighted by molar-refractivity contribution is 6.35. The molecule has 2 rings (SSSR count). The van der Waals surface area contributed by atoms with Gasteiger partial charge in [0.25, 0.3) is 0 Å². The molecule has 0 saturated carbocycles. The Morgan fingerprint density at radius 1 is 0.500 bits per heavy atom. The third-order valence-corrected chi connectivity index (χ3v) is 10.1. The van der Waals surface area contributed by atoms with Crippen LogP contribution in [0.25, 0.3) is 0 Å². The van der Waals surface area contributed by atoms with E-state index in [1.54, 1.807) is 0 Å². The van der Waals surface area contributed by atoms with E-state index in [0.717, 1.165) is 46.2 Å². The van der Waals surface area contributed by atoms with E-state index in [4.69, 9.17) is 9.47 Å². The zero-order chi connectivity index (χ0) is 44.7. The molecule has 0 radical (unpaired) electrons. The van der Waals surface area contributed by atoms with E-state index in [2.05, 4.69) is 121 Å². The summed E-state index contributed by atoms with van der Waals surface area (Å²) in [5.74, 6) is -2.05. The summed E-state index contributed by atoms with van der Waals surface area (Å²) in [7, 11) is 0. The van der Waals surface area contributed by atoms with Crippen molar-refractivity contribution in [2.24, 2.45) is 10.8 Å². The molecule has 10 heteroatoms. The third-order valence-electron chi connectivity index (χ3n) is 10.1. The maximum atomic E-state index is 12.6. The lowest BCUT2D eigenvalue weighted by atomic mass is 9.70. The van der Waals surface area contributed by atoms with E-state index in [9.17, 15) is 29.4 Å². The first kappa shape index (κ1) is 50.1. The van der Waals surface area contributed by atoms with E-state index in [0.29, 0.717) is 24.3 Å². The van der Waals surface area contributed by atoms with Gasteiger partial charge in [-0.25, -0.2) is 0 Å². The number of esters is 2. The van der Waals surface area contributed by atoms with Crippen LogP contribution in [-0.2, 0) is 63.2 Å². The number of nitrogens with one attached hydrogen (secondary N) is 2. The van der Waals surface area contributed by atoms with Crippen molar-refractivity contribution in [1.29, 1.82) is 0 Å². The monoisotopic (exact) mass is 809 g/mol. The van der Waals surface area contributed by atoms with Crippen LogP contribution in [0.5, 0.6) is 11.5 Å². The summed E-state index contributed by atoms with van der Waals surface area (Å²) in [4.78, 5) is 49.9. The fourth-order valence-electron chi connectivity index (χ4n) is 8.15. The number of aromatic hydroxyl groups is 2. The fourth-order valence-corrected chi connectivity index (χ4v) is 8.15. The van der Waals surface area contributed by atoms with Gasteiger partial charge in [0, 0.05) is 24.0 Å². The number of phenolic OH excluding ortho intramolecular Hbond substituents is 2. The number of phenols is 2. The van der Waals surface area contributed by atoms with Crippen LogP contribution < -0.4 is 10.6 Å². The molecule has 10 nitrogen and oxygen atoms in total. The molecule has 2 amide bonds. The quantitative estimate of drug-likeness (QED) is 0.0746. The number of hydrogen-bond acceptors (Lipinski definition) is 8. The summed E-state index contributed by atoms with van der Waals surface area (Å²) in [6, 6.07) is 7.91. The summed E-state index contributed by atoms with van der Waals surface area (Å²) in [6.07, 6.45) is 2.80. The molecule has 0 heterocycles. The number of benzene rings is 2. The van der Waals surface area contributed by atoms with Gasteiger partial charge in [-0.2, -0.15) is 0 Å². The van der Waals surface area contributed by atoms with Crippen LogP contribution in [0.4, 0.5) is 0 Å². The van der Waals surface area contributed by atoms with Gasteiger partial charge in [0.15, 0.2) is 0 Å². The van der Waals surface area contributed by atoms with Gasteiger partial charge in [-0.3, -0.25) is 19.2 Å². The molecule has 0 aliphatic carbocycles. The van der Waals surface area contributed by atoms with Crippen molar-refractivity contribution in [3.63, 3.8) is 0 Å². The van der Waals surface area contributed by atoms with Crippen LogP contribution in [0, 0.1) is 10.8 Å². The molecule has 0 fully saturated rings. The SMILES string of the molecule is CC(C)(C)CC(C)(C)c1cc(CCC(=O)OCCNC(=O)C(=O)NCCOC(=O)CCc2cc(C(C)(C)C)c(O)c(C(C)(C)CC(C)(C)C)c2)cc(C(C)(C)C)c1O. The Balaban J connectivity index is 1.83. The maximum Gasteiger partial charge on any atom is 0.309 e. The number of rotatable bonds is 16. The van der Waals surface area contributed by atoms with Crippen molar-refractivity contribution >= 4 is 23.8 Å². The first-order valence-electron chi connectivity index (χ1n) is 20.8. The molecule has 0 spiro atoms. The molecule has 0 bridgehead atoms. The van der Waals surface area contributed by atoms with Crippen LogP contribution in [0.1, 0.15) is 170 Å². The Hall–Kier alpha value is -4.08. The second-order valence-electron chi connectivity index (χ2n) is 21.8. The van der Waals surface area contributed by atoms with Crippen molar-refractivity contribution < 1.29 is 38.9 Å². The van der Waals surface area contributed by atoms with Crippen LogP contribution in [0.15, 0.2) is 24.3 Å². The van der Waals surface area contributed by atoms with E-state index in [1.165, 1.54) is 0 Å². The van der Waals surface area contributed by atoms with Gasteiger partial charge >= 0.3 is 23.8 Å². The molecule has 0 aliphatic rings. The number of ether oxygens (including phenoxy) is 2. The standard InChI is InChI=1S/C48H76N2O8/c1-43(2,3)29-47(13,14)35-27-31(25-33(39(35)53)45(7,8)9)17-19-37(51)57-23-21-49-41(55)42(56)50-22-24-58-38(52)20-18-32-26-34(46(10,11)12)40(54)36(28-32)48(15,16)30-44(4,5)6/h25-28,53-54H,17-24,29-30H2,1-16H3,(H,49,55)(H,50,56). The molecular weight excluding hydrogens is 733 g/mol. The molecule has 0 unspecified atom stereocenters. The van der Waals surface area contributed by atoms with Crippen LogP contribution in [0.2, 0.25) is 0 Å². The topological polar surface area (TPSA) is 151 Å². The Labute approximate surface area is 349 Å². The van der Waals surface area contributed by atoms with Gasteiger partial charge < -0.3 is 30.3 Å². The molecule has 2 aromatic rings. The summed E-state index contributed by atoms with van der Waals surface area (Å²) in [5.41, 5.74) is 4.16. The van der Waals surface area contributed by atoms with Gasteiger partial charge in [0.2, 0.25) is 0 Å². The van der Waals surface area contributed by atoms with Gasteiger partial charge in [-0.15, -0.1) is 0 Å².